The van der Waals surface area contributed by atoms with Crippen LogP contribution in [0.4, 0.5) is 0 Å². The first kappa shape index (κ1) is 23.0. The molecule has 0 saturated carbocycles. The summed E-state index contributed by atoms with van der Waals surface area (Å²) in [6.07, 6.45) is 6.20. The van der Waals surface area contributed by atoms with E-state index < -0.39 is 0 Å². The predicted molar refractivity (Wildman–Crippen MR) is 127 cm³/mol. The minimum Gasteiger partial charge on any atom is -0.0732 e. The van der Waals surface area contributed by atoms with E-state index in [4.69, 9.17) is 0 Å². The summed E-state index contributed by atoms with van der Waals surface area (Å²) in [5, 5.41) is 0. The van der Waals surface area contributed by atoms with Crippen molar-refractivity contribution in [2.45, 2.75) is 94.9 Å². The first-order valence-corrected chi connectivity index (χ1v) is 10.9. The second kappa shape index (κ2) is 6.89. The SMILES string of the molecule is CC(C)(C)C1=CC(C(C)(C)C)(C(C)(C)C)CC(c2cccc(C(C)(C)C)c2)=C1. The van der Waals surface area contributed by atoms with Crippen molar-refractivity contribution in [1.82, 2.24) is 0 Å². The zero-order valence-corrected chi connectivity index (χ0v) is 20.7. The minimum absolute atomic E-state index is 0.102. The molecule has 0 saturated heterocycles. The molecule has 1 aromatic carbocycles. The molecule has 0 unspecified atom stereocenters. The number of allylic oxidation sites excluding steroid dienone is 4. The van der Waals surface area contributed by atoms with Crippen LogP contribution in [0, 0.1) is 21.7 Å². The van der Waals surface area contributed by atoms with Crippen LogP contribution in [0.25, 0.3) is 5.57 Å². The highest BCUT2D eigenvalue weighted by atomic mass is 14.5. The summed E-state index contributed by atoms with van der Waals surface area (Å²) >= 11 is 0. The van der Waals surface area contributed by atoms with Gasteiger partial charge in [-0.05, 0) is 50.4 Å². The van der Waals surface area contributed by atoms with Gasteiger partial charge in [-0.1, -0.05) is 120 Å². The number of hydrogen-bond donors (Lipinski definition) is 0. The fourth-order valence-corrected chi connectivity index (χ4v) is 4.79. The van der Waals surface area contributed by atoms with Crippen LogP contribution in [-0.4, -0.2) is 0 Å². The van der Waals surface area contributed by atoms with E-state index in [9.17, 15) is 0 Å². The van der Waals surface area contributed by atoms with E-state index in [1.54, 1.807) is 0 Å². The molecule has 0 fully saturated rings. The van der Waals surface area contributed by atoms with Gasteiger partial charge in [0, 0.05) is 5.41 Å². The first-order chi connectivity index (χ1) is 12.4. The monoisotopic (exact) mass is 380 g/mol. The average Bonchev–Trinajstić information content (AvgIpc) is 2.51. The van der Waals surface area contributed by atoms with Gasteiger partial charge < -0.3 is 0 Å². The Morgan fingerprint density at radius 2 is 1.25 bits per heavy atom. The molecule has 0 aromatic heterocycles. The summed E-state index contributed by atoms with van der Waals surface area (Å²) in [6, 6.07) is 9.24. The molecule has 1 aliphatic carbocycles. The molecule has 0 atom stereocenters. The Hall–Kier alpha value is -1.30. The van der Waals surface area contributed by atoms with E-state index >= 15 is 0 Å². The summed E-state index contributed by atoms with van der Waals surface area (Å²) < 4.78 is 0. The van der Waals surface area contributed by atoms with Crippen LogP contribution in [0.3, 0.4) is 0 Å². The van der Waals surface area contributed by atoms with E-state index in [2.05, 4.69) is 120 Å². The molecule has 0 radical (unpaired) electrons. The molecule has 0 heteroatoms. The van der Waals surface area contributed by atoms with Crippen LogP contribution >= 0.6 is 0 Å². The molecule has 156 valence electrons. The number of rotatable bonds is 1. The number of hydrogen-bond acceptors (Lipinski definition) is 0. The Morgan fingerprint density at radius 3 is 1.68 bits per heavy atom. The topological polar surface area (TPSA) is 0 Å². The lowest BCUT2D eigenvalue weighted by atomic mass is 9.49. The molecule has 2 rings (SSSR count). The Kier molecular flexibility index (Phi) is 5.66. The quantitative estimate of drug-likeness (QED) is 0.456. The van der Waals surface area contributed by atoms with Gasteiger partial charge in [0.05, 0.1) is 0 Å². The average molecular weight is 381 g/mol. The van der Waals surface area contributed by atoms with Crippen molar-refractivity contribution in [2.24, 2.45) is 21.7 Å². The van der Waals surface area contributed by atoms with E-state index in [1.165, 1.54) is 22.3 Å². The smallest absolute Gasteiger partial charge is 0.00253 e. The summed E-state index contributed by atoms with van der Waals surface area (Å²) in [5.74, 6) is 0. The molecule has 28 heavy (non-hydrogen) atoms. The minimum atomic E-state index is 0.102. The van der Waals surface area contributed by atoms with Gasteiger partial charge in [0.2, 0.25) is 0 Å². The van der Waals surface area contributed by atoms with Gasteiger partial charge in [0.25, 0.3) is 0 Å². The van der Waals surface area contributed by atoms with E-state index in [-0.39, 0.29) is 27.1 Å². The van der Waals surface area contributed by atoms with Gasteiger partial charge in [-0.3, -0.25) is 0 Å². The van der Waals surface area contributed by atoms with Crippen molar-refractivity contribution in [3.05, 3.63) is 53.1 Å². The van der Waals surface area contributed by atoms with Crippen LogP contribution in [0.1, 0.15) is 101 Å². The summed E-state index contributed by atoms with van der Waals surface area (Å²) in [5.41, 5.74) is 6.50. The van der Waals surface area contributed by atoms with Gasteiger partial charge in [-0.25, -0.2) is 0 Å². The second-order valence-electron chi connectivity index (χ2n) is 13.0. The Bertz CT molecular complexity index is 757. The Balaban J connectivity index is 2.74. The summed E-state index contributed by atoms with van der Waals surface area (Å²) in [4.78, 5) is 0. The van der Waals surface area contributed by atoms with Crippen molar-refractivity contribution in [1.29, 1.82) is 0 Å². The third kappa shape index (κ3) is 4.32. The van der Waals surface area contributed by atoms with E-state index in [0.29, 0.717) is 0 Å². The van der Waals surface area contributed by atoms with Gasteiger partial charge in [-0.15, -0.1) is 0 Å². The third-order valence-electron chi connectivity index (χ3n) is 6.84. The molecular formula is C28H44. The zero-order chi connectivity index (χ0) is 21.8. The van der Waals surface area contributed by atoms with Crippen molar-refractivity contribution < 1.29 is 0 Å². The highest BCUT2D eigenvalue weighted by Gasteiger charge is 2.51. The number of benzene rings is 1. The molecule has 0 aliphatic heterocycles. The largest absolute Gasteiger partial charge is 0.0732 e. The summed E-state index contributed by atoms with van der Waals surface area (Å²) in [6.45, 7) is 28.5. The molecule has 0 heterocycles. The Morgan fingerprint density at radius 1 is 0.714 bits per heavy atom. The molecule has 0 bridgehead atoms. The van der Waals surface area contributed by atoms with Crippen molar-refractivity contribution in [2.75, 3.05) is 0 Å². The maximum absolute atomic E-state index is 2.63. The third-order valence-corrected chi connectivity index (χ3v) is 6.84. The highest BCUT2D eigenvalue weighted by Crippen LogP contribution is 2.60. The molecular weight excluding hydrogens is 336 g/mol. The molecule has 1 aliphatic rings. The van der Waals surface area contributed by atoms with E-state index in [0.717, 1.165) is 6.42 Å². The molecule has 0 spiro atoms. The van der Waals surface area contributed by atoms with Crippen molar-refractivity contribution in [3.8, 4) is 0 Å². The maximum Gasteiger partial charge on any atom is 0.00253 e. The molecule has 1 aromatic rings. The standard InChI is InChI=1S/C28H44/c1-24(2,3)22-15-13-14-20(16-22)21-17-23(25(4,5)6)19-28(18-21,26(7,8)9)27(10,11)12/h13-17,19H,18H2,1-12H3. The maximum atomic E-state index is 2.63. The van der Waals surface area contributed by atoms with Crippen LogP contribution in [-0.2, 0) is 5.41 Å². The molecule has 0 amide bonds. The molecule has 0 N–H and O–H groups in total. The molecule has 0 nitrogen and oxygen atoms in total. The predicted octanol–water partition coefficient (Wildman–Crippen LogP) is 8.82. The van der Waals surface area contributed by atoms with Crippen LogP contribution in [0.5, 0.6) is 0 Å². The first-order valence-electron chi connectivity index (χ1n) is 10.9. The fourth-order valence-electron chi connectivity index (χ4n) is 4.79. The second-order valence-corrected chi connectivity index (χ2v) is 13.0. The normalized spacial score (nSPS) is 18.6. The van der Waals surface area contributed by atoms with Crippen LogP contribution in [0.2, 0.25) is 0 Å². The fraction of sp³-hybridized carbons (Fsp3) is 0.643. The van der Waals surface area contributed by atoms with Gasteiger partial charge in [-0.2, -0.15) is 0 Å². The lowest BCUT2D eigenvalue weighted by Gasteiger charge is -2.55. The highest BCUT2D eigenvalue weighted by molar-refractivity contribution is 5.72. The van der Waals surface area contributed by atoms with E-state index in [1.807, 2.05) is 0 Å². The summed E-state index contributed by atoms with van der Waals surface area (Å²) in [7, 11) is 0. The van der Waals surface area contributed by atoms with Gasteiger partial charge >= 0.3 is 0 Å². The van der Waals surface area contributed by atoms with Gasteiger partial charge in [0.1, 0.15) is 0 Å². The van der Waals surface area contributed by atoms with Crippen LogP contribution in [0.15, 0.2) is 42.0 Å². The Labute approximate surface area is 175 Å². The van der Waals surface area contributed by atoms with Crippen molar-refractivity contribution in [3.63, 3.8) is 0 Å². The van der Waals surface area contributed by atoms with Gasteiger partial charge in [0.15, 0.2) is 0 Å². The zero-order valence-electron chi connectivity index (χ0n) is 20.7. The van der Waals surface area contributed by atoms with Crippen molar-refractivity contribution >= 4 is 5.57 Å². The van der Waals surface area contributed by atoms with Crippen LogP contribution < -0.4 is 0 Å². The lowest BCUT2D eigenvalue weighted by molar-refractivity contribution is 0.0197. The lowest BCUT2D eigenvalue weighted by Crippen LogP contribution is -2.46.